The molecule has 50 heavy (non-hydrogen) atoms. The third-order valence-electron chi connectivity index (χ3n) is 12.7. The van der Waals surface area contributed by atoms with Crippen molar-refractivity contribution >= 4 is 5.78 Å². The van der Waals surface area contributed by atoms with Crippen molar-refractivity contribution in [2.24, 2.45) is 40.4 Å². The van der Waals surface area contributed by atoms with Gasteiger partial charge in [-0.3, -0.25) is 4.79 Å². The summed E-state index contributed by atoms with van der Waals surface area (Å²) in [6.45, 7) is 20.8. The van der Waals surface area contributed by atoms with E-state index in [-0.39, 0.29) is 60.3 Å². The molecular weight excluding hydrogens is 632 g/mol. The van der Waals surface area contributed by atoms with E-state index in [1.807, 2.05) is 20.8 Å². The van der Waals surface area contributed by atoms with Crippen LogP contribution < -0.4 is 0 Å². The van der Waals surface area contributed by atoms with E-state index < -0.39 is 18.5 Å². The summed E-state index contributed by atoms with van der Waals surface area (Å²) in [7, 11) is 3.48. The molecule has 3 aliphatic rings. The van der Waals surface area contributed by atoms with E-state index in [0.717, 1.165) is 50.7 Å². The molecule has 0 spiro atoms. The first-order valence-corrected chi connectivity index (χ1v) is 19.5. The number of carbonyl (C=O) groups is 1. The maximum atomic E-state index is 13.7. The summed E-state index contributed by atoms with van der Waals surface area (Å²) in [5.41, 5.74) is 2.50. The van der Waals surface area contributed by atoms with Crippen LogP contribution in [-0.2, 0) is 23.7 Å². The Balaban J connectivity index is 0.00000425. The summed E-state index contributed by atoms with van der Waals surface area (Å²) >= 11 is 0. The molecule has 3 rings (SSSR count). The van der Waals surface area contributed by atoms with Gasteiger partial charge in [-0.1, -0.05) is 71.8 Å². The van der Waals surface area contributed by atoms with E-state index in [1.54, 1.807) is 28.1 Å². The van der Waals surface area contributed by atoms with Gasteiger partial charge in [0, 0.05) is 25.9 Å². The number of aliphatic hydroxyl groups excluding tert-OH is 3. The van der Waals surface area contributed by atoms with Crippen molar-refractivity contribution in [2.45, 2.75) is 158 Å². The van der Waals surface area contributed by atoms with Gasteiger partial charge in [0.15, 0.2) is 6.29 Å². The summed E-state index contributed by atoms with van der Waals surface area (Å²) in [4.78, 5) is 13.7. The topological polar surface area (TPSA) is 115 Å². The van der Waals surface area contributed by atoms with Crippen molar-refractivity contribution in [1.82, 2.24) is 0 Å². The lowest BCUT2D eigenvalue weighted by atomic mass is 9.58. The highest BCUT2D eigenvalue weighted by atomic mass is 16.7. The van der Waals surface area contributed by atoms with Crippen molar-refractivity contribution in [1.29, 1.82) is 0 Å². The fourth-order valence-electron chi connectivity index (χ4n) is 9.45. The van der Waals surface area contributed by atoms with Crippen LogP contribution in [0.25, 0.3) is 0 Å². The Labute approximate surface area is 305 Å². The lowest BCUT2D eigenvalue weighted by molar-refractivity contribution is -0.207. The van der Waals surface area contributed by atoms with Crippen molar-refractivity contribution < 1.29 is 39.1 Å². The number of ketones is 1. The minimum atomic E-state index is -0.953. The monoisotopic (exact) mass is 707 g/mol. The van der Waals surface area contributed by atoms with Gasteiger partial charge in [-0.05, 0) is 106 Å². The Morgan fingerprint density at radius 1 is 1.02 bits per heavy atom. The molecule has 0 aromatic rings. The van der Waals surface area contributed by atoms with Gasteiger partial charge in [0.1, 0.15) is 5.78 Å². The molecule has 0 aliphatic heterocycles. The van der Waals surface area contributed by atoms with E-state index in [2.05, 4.69) is 52.8 Å². The zero-order valence-corrected chi connectivity index (χ0v) is 33.7. The zero-order chi connectivity index (χ0) is 37.8. The summed E-state index contributed by atoms with van der Waals surface area (Å²) in [5, 5.41) is 29.1. The van der Waals surface area contributed by atoms with Crippen molar-refractivity contribution in [2.75, 3.05) is 27.4 Å². The molecule has 12 atom stereocenters. The number of carbonyl (C=O) groups excluding carboxylic acids is 1. The summed E-state index contributed by atoms with van der Waals surface area (Å²) in [6.07, 6.45) is 12.1. The summed E-state index contributed by atoms with van der Waals surface area (Å²) < 4.78 is 23.7. The Morgan fingerprint density at radius 2 is 1.68 bits per heavy atom. The van der Waals surface area contributed by atoms with E-state index in [4.69, 9.17) is 18.9 Å². The first kappa shape index (κ1) is 44.6. The van der Waals surface area contributed by atoms with Gasteiger partial charge in [-0.15, -0.1) is 0 Å². The van der Waals surface area contributed by atoms with Crippen molar-refractivity contribution in [3.63, 3.8) is 0 Å². The molecule has 0 amide bonds. The van der Waals surface area contributed by atoms with Crippen LogP contribution in [0, 0.1) is 40.4 Å². The van der Waals surface area contributed by atoms with Crippen LogP contribution in [0.3, 0.4) is 0 Å². The highest BCUT2D eigenvalue weighted by Gasteiger charge is 2.52. The predicted octanol–water partition coefficient (Wildman–Crippen LogP) is 8.19. The summed E-state index contributed by atoms with van der Waals surface area (Å²) in [5.74, 6) is 2.61. The predicted molar refractivity (Wildman–Crippen MR) is 201 cm³/mol. The average molecular weight is 707 g/mol. The van der Waals surface area contributed by atoms with Gasteiger partial charge in [-0.25, -0.2) is 0 Å². The molecular formula is C42H74O8. The van der Waals surface area contributed by atoms with Crippen LogP contribution in [-0.4, -0.2) is 79.2 Å². The van der Waals surface area contributed by atoms with Crippen LogP contribution in [0.15, 0.2) is 35.1 Å². The molecule has 8 nitrogen and oxygen atoms in total. The van der Waals surface area contributed by atoms with Crippen molar-refractivity contribution in [3.8, 4) is 0 Å². The molecule has 3 aliphatic carbocycles. The second-order valence-corrected chi connectivity index (χ2v) is 15.7. The van der Waals surface area contributed by atoms with Crippen LogP contribution >= 0.6 is 0 Å². The second-order valence-electron chi connectivity index (χ2n) is 15.7. The van der Waals surface area contributed by atoms with Crippen LogP contribution in [0.1, 0.15) is 127 Å². The molecule has 0 aromatic carbocycles. The number of allylic oxidation sites excluding steroid dienone is 2. The van der Waals surface area contributed by atoms with Gasteiger partial charge in [0.2, 0.25) is 0 Å². The molecule has 1 saturated carbocycles. The molecule has 8 heteroatoms. The Hall–Kier alpha value is -1.55. The highest BCUT2D eigenvalue weighted by molar-refractivity contribution is 5.80. The molecule has 0 heterocycles. The van der Waals surface area contributed by atoms with E-state index in [1.165, 1.54) is 11.1 Å². The fourth-order valence-corrected chi connectivity index (χ4v) is 9.45. The number of Topliss-reactive ketones (excluding diaryl/α,β-unsaturated/α-hetero) is 1. The van der Waals surface area contributed by atoms with Gasteiger partial charge < -0.3 is 34.3 Å². The number of ether oxygens (including phenoxy) is 4. The Morgan fingerprint density at radius 3 is 2.24 bits per heavy atom. The Bertz CT molecular complexity index is 1120. The van der Waals surface area contributed by atoms with Crippen LogP contribution in [0.4, 0.5) is 0 Å². The minimum absolute atomic E-state index is 0.00411. The number of fused-ring (bicyclic) bond motifs is 1. The molecule has 0 bridgehead atoms. The summed E-state index contributed by atoms with van der Waals surface area (Å²) in [6, 6.07) is 0. The molecule has 0 aromatic heterocycles. The van der Waals surface area contributed by atoms with Crippen LogP contribution in [0.2, 0.25) is 0 Å². The molecule has 3 N–H and O–H groups in total. The number of hydrogen-bond acceptors (Lipinski definition) is 8. The lowest BCUT2D eigenvalue weighted by Crippen LogP contribution is -2.42. The normalized spacial score (nSPS) is 32.2. The third kappa shape index (κ3) is 11.0. The SMILES string of the molecule is CC.CCC1(C)C(CC(C)OC(CC(O)CO)OC(C)CO)=CCC2CC(C)C(C)(C(C(C)=O)C(C)C3=CC(OC)CC=C(OC)C3)CCC21. The molecule has 0 radical (unpaired) electrons. The van der Waals surface area contributed by atoms with E-state index in [9.17, 15) is 20.1 Å². The lowest BCUT2D eigenvalue weighted by Gasteiger charge is -2.47. The second kappa shape index (κ2) is 20.6. The zero-order valence-electron chi connectivity index (χ0n) is 33.7. The average Bonchev–Trinajstić information content (AvgIpc) is 3.39. The molecule has 0 saturated heterocycles. The smallest absolute Gasteiger partial charge is 0.160 e. The third-order valence-corrected chi connectivity index (χ3v) is 12.7. The first-order valence-electron chi connectivity index (χ1n) is 19.5. The maximum Gasteiger partial charge on any atom is 0.160 e. The van der Waals surface area contributed by atoms with Crippen LogP contribution in [0.5, 0.6) is 0 Å². The van der Waals surface area contributed by atoms with Gasteiger partial charge in [0.05, 0.1) is 50.5 Å². The molecule has 290 valence electrons. The number of aliphatic hydroxyl groups is 3. The maximum absolute atomic E-state index is 13.7. The van der Waals surface area contributed by atoms with Gasteiger partial charge in [-0.2, -0.15) is 0 Å². The number of hydrogen-bond donors (Lipinski definition) is 3. The Kier molecular flexibility index (Phi) is 18.4. The quantitative estimate of drug-likeness (QED) is 0.103. The standard InChI is InChI=1S/C40H68O8.C2H6/c1-11-39(7)32(19-26(3)47-37(22-33(44)24-42)48-27(4)23-41)13-12-30-18-25(2)40(8,17-16-36(30)39)38(29(6)43)28(5)31-20-34(45-9)14-15-35(21-31)46-10;1-2/h13-14,21,25-28,30,33,35-38,41-42,44H,11-12,15-20,22-24H2,1-10H3;1-2H3. The molecule has 12 unspecified atom stereocenters. The van der Waals surface area contributed by atoms with Crippen molar-refractivity contribution in [3.05, 3.63) is 35.1 Å². The van der Waals surface area contributed by atoms with E-state index in [0.29, 0.717) is 24.2 Å². The number of rotatable bonds is 17. The largest absolute Gasteiger partial charge is 0.501 e. The first-order chi connectivity index (χ1) is 23.7. The minimum Gasteiger partial charge on any atom is -0.501 e. The van der Waals surface area contributed by atoms with Gasteiger partial charge >= 0.3 is 0 Å². The fraction of sp³-hybridized carbons (Fsp3) is 0.833. The highest BCUT2D eigenvalue weighted by Crippen LogP contribution is 2.59. The number of methoxy groups -OCH3 is 2. The van der Waals surface area contributed by atoms with Gasteiger partial charge in [0.25, 0.3) is 0 Å². The van der Waals surface area contributed by atoms with E-state index >= 15 is 0 Å². The molecule has 1 fully saturated rings.